The highest BCUT2D eigenvalue weighted by molar-refractivity contribution is 5.91. The quantitative estimate of drug-likeness (QED) is 0.867. The third-order valence-electron chi connectivity index (χ3n) is 4.29. The van der Waals surface area contributed by atoms with E-state index in [0.29, 0.717) is 13.0 Å². The highest BCUT2D eigenvalue weighted by atomic mass is 16.4. The lowest BCUT2D eigenvalue weighted by atomic mass is 10.1. The number of rotatable bonds is 2. The fourth-order valence-electron chi connectivity index (χ4n) is 2.97. The molecule has 6 nitrogen and oxygen atoms in total. The van der Waals surface area contributed by atoms with Gasteiger partial charge in [0.25, 0.3) is 0 Å². The van der Waals surface area contributed by atoms with Crippen molar-refractivity contribution in [3.8, 4) is 0 Å². The van der Waals surface area contributed by atoms with Crippen LogP contribution in [0.15, 0.2) is 18.2 Å². The Labute approximate surface area is 123 Å². The molecular weight excluding hydrogens is 270 g/mol. The summed E-state index contributed by atoms with van der Waals surface area (Å²) in [5.74, 6) is -1.27. The predicted molar refractivity (Wildman–Crippen MR) is 79.8 cm³/mol. The number of carboxylic acids is 1. The van der Waals surface area contributed by atoms with Gasteiger partial charge in [0.05, 0.1) is 5.92 Å². The second-order valence-electron chi connectivity index (χ2n) is 5.72. The molecule has 0 aliphatic carbocycles. The van der Waals surface area contributed by atoms with Gasteiger partial charge in [0, 0.05) is 38.1 Å². The van der Waals surface area contributed by atoms with Gasteiger partial charge in [-0.3, -0.25) is 4.79 Å². The summed E-state index contributed by atoms with van der Waals surface area (Å²) in [6.07, 6.45) is 1.56. The number of nitrogens with one attached hydrogen (secondary N) is 1. The van der Waals surface area contributed by atoms with Crippen LogP contribution in [0, 0.1) is 5.92 Å². The van der Waals surface area contributed by atoms with E-state index in [1.54, 1.807) is 4.90 Å². The smallest absolute Gasteiger partial charge is 0.321 e. The number of likely N-dealkylation sites (N-methyl/N-ethyl adjacent to an activating group) is 1. The normalized spacial score (nSPS) is 20.5. The first-order valence-electron chi connectivity index (χ1n) is 7.17. The summed E-state index contributed by atoms with van der Waals surface area (Å²) in [7, 11) is 2.04. The number of carboxylic acid groups (broad SMARTS) is 1. The number of benzene rings is 1. The second kappa shape index (κ2) is 5.27. The molecule has 21 heavy (non-hydrogen) atoms. The molecule has 6 heteroatoms. The standard InChI is InChI=1S/C15H19N3O3/c1-17-6-4-10-2-3-12(8-13(10)17)16-15(21)18-7-5-11(9-18)14(19)20/h2-3,8,11H,4-7,9H2,1H3,(H,16,21)(H,19,20). The van der Waals surface area contributed by atoms with Crippen molar-refractivity contribution in [3.63, 3.8) is 0 Å². The number of likely N-dealkylation sites (tertiary alicyclic amines) is 1. The summed E-state index contributed by atoms with van der Waals surface area (Å²) >= 11 is 0. The van der Waals surface area contributed by atoms with Crippen molar-refractivity contribution >= 4 is 23.4 Å². The van der Waals surface area contributed by atoms with Gasteiger partial charge in [-0.15, -0.1) is 0 Å². The lowest BCUT2D eigenvalue weighted by molar-refractivity contribution is -0.141. The van der Waals surface area contributed by atoms with Gasteiger partial charge in [-0.25, -0.2) is 4.79 Å². The minimum Gasteiger partial charge on any atom is -0.481 e. The summed E-state index contributed by atoms with van der Waals surface area (Å²) < 4.78 is 0. The number of anilines is 2. The molecule has 1 aromatic carbocycles. The third-order valence-corrected chi connectivity index (χ3v) is 4.29. The minimum atomic E-state index is -0.829. The fourth-order valence-corrected chi connectivity index (χ4v) is 2.97. The van der Waals surface area contributed by atoms with Gasteiger partial charge >= 0.3 is 12.0 Å². The number of aliphatic carboxylic acids is 1. The molecule has 2 N–H and O–H groups in total. The summed E-state index contributed by atoms with van der Waals surface area (Å²) in [5.41, 5.74) is 3.20. The summed E-state index contributed by atoms with van der Waals surface area (Å²) in [6, 6.07) is 5.70. The number of nitrogens with zero attached hydrogens (tertiary/aromatic N) is 2. The van der Waals surface area contributed by atoms with Crippen molar-refractivity contribution in [3.05, 3.63) is 23.8 Å². The molecule has 1 aromatic rings. The van der Waals surface area contributed by atoms with Crippen molar-refractivity contribution in [2.75, 3.05) is 36.9 Å². The molecule has 1 fully saturated rings. The SMILES string of the molecule is CN1CCc2ccc(NC(=O)N3CCC(C(=O)O)C3)cc21. The van der Waals surface area contributed by atoms with E-state index in [-0.39, 0.29) is 12.6 Å². The first-order chi connectivity index (χ1) is 10.0. The molecule has 3 rings (SSSR count). The molecule has 0 bridgehead atoms. The Morgan fingerprint density at radius 3 is 2.86 bits per heavy atom. The molecule has 1 atom stereocenters. The average Bonchev–Trinajstić information content (AvgIpc) is 3.07. The lowest BCUT2D eigenvalue weighted by Crippen LogP contribution is -2.33. The maximum atomic E-state index is 12.2. The van der Waals surface area contributed by atoms with Crippen LogP contribution < -0.4 is 10.2 Å². The molecule has 112 valence electrons. The Morgan fingerprint density at radius 1 is 1.33 bits per heavy atom. The molecular formula is C15H19N3O3. The molecule has 0 spiro atoms. The zero-order chi connectivity index (χ0) is 15.0. The number of carbonyl (C=O) groups is 2. The van der Waals surface area contributed by atoms with Gasteiger partial charge in [0.2, 0.25) is 0 Å². The van der Waals surface area contributed by atoms with E-state index in [9.17, 15) is 9.59 Å². The van der Waals surface area contributed by atoms with Crippen LogP contribution in [0.5, 0.6) is 0 Å². The molecule has 0 radical (unpaired) electrons. The molecule has 2 heterocycles. The van der Waals surface area contributed by atoms with Crippen LogP contribution in [0.3, 0.4) is 0 Å². The molecule has 1 unspecified atom stereocenters. The molecule has 0 saturated carbocycles. The van der Waals surface area contributed by atoms with Crippen LogP contribution in [0.2, 0.25) is 0 Å². The molecule has 0 aromatic heterocycles. The first kappa shape index (κ1) is 13.7. The number of fused-ring (bicyclic) bond motifs is 1. The van der Waals surface area contributed by atoms with Crippen LogP contribution in [-0.4, -0.2) is 48.7 Å². The largest absolute Gasteiger partial charge is 0.481 e. The van der Waals surface area contributed by atoms with E-state index in [1.165, 1.54) is 5.56 Å². The molecule has 2 aliphatic rings. The maximum Gasteiger partial charge on any atom is 0.321 e. The molecule has 2 amide bonds. The van der Waals surface area contributed by atoms with Crippen molar-refractivity contribution in [2.24, 2.45) is 5.92 Å². The second-order valence-corrected chi connectivity index (χ2v) is 5.72. The topological polar surface area (TPSA) is 72.9 Å². The van der Waals surface area contributed by atoms with E-state index in [0.717, 1.165) is 24.3 Å². The van der Waals surface area contributed by atoms with Gasteiger partial charge in [0.15, 0.2) is 0 Å². The van der Waals surface area contributed by atoms with Crippen LogP contribution in [0.1, 0.15) is 12.0 Å². The van der Waals surface area contributed by atoms with Gasteiger partial charge in [0.1, 0.15) is 0 Å². The monoisotopic (exact) mass is 289 g/mol. The van der Waals surface area contributed by atoms with Crippen molar-refractivity contribution in [2.45, 2.75) is 12.8 Å². The molecule has 2 aliphatic heterocycles. The van der Waals surface area contributed by atoms with Gasteiger partial charge in [-0.2, -0.15) is 0 Å². The number of amides is 2. The Hall–Kier alpha value is -2.24. The van der Waals surface area contributed by atoms with Crippen LogP contribution >= 0.6 is 0 Å². The van der Waals surface area contributed by atoms with E-state index in [1.807, 2.05) is 25.2 Å². The zero-order valence-electron chi connectivity index (χ0n) is 12.0. The fraction of sp³-hybridized carbons (Fsp3) is 0.467. The van der Waals surface area contributed by atoms with Crippen molar-refractivity contribution in [1.82, 2.24) is 4.90 Å². The van der Waals surface area contributed by atoms with E-state index in [4.69, 9.17) is 5.11 Å². The third kappa shape index (κ3) is 2.66. The van der Waals surface area contributed by atoms with Crippen molar-refractivity contribution in [1.29, 1.82) is 0 Å². The number of hydrogen-bond donors (Lipinski definition) is 2. The average molecular weight is 289 g/mol. The number of hydrogen-bond acceptors (Lipinski definition) is 3. The number of urea groups is 1. The minimum absolute atomic E-state index is 0.223. The zero-order valence-corrected chi connectivity index (χ0v) is 12.0. The first-order valence-corrected chi connectivity index (χ1v) is 7.17. The van der Waals surface area contributed by atoms with Gasteiger partial charge in [-0.05, 0) is 30.5 Å². The summed E-state index contributed by atoms with van der Waals surface area (Å²) in [5, 5.41) is 11.8. The lowest BCUT2D eigenvalue weighted by Gasteiger charge is -2.18. The Morgan fingerprint density at radius 2 is 2.14 bits per heavy atom. The Balaban J connectivity index is 1.66. The van der Waals surface area contributed by atoms with E-state index in [2.05, 4.69) is 10.2 Å². The van der Waals surface area contributed by atoms with E-state index < -0.39 is 11.9 Å². The highest BCUT2D eigenvalue weighted by Gasteiger charge is 2.31. The van der Waals surface area contributed by atoms with Crippen LogP contribution in [0.25, 0.3) is 0 Å². The van der Waals surface area contributed by atoms with Crippen molar-refractivity contribution < 1.29 is 14.7 Å². The summed E-state index contributed by atoms with van der Waals surface area (Å²) in [6.45, 7) is 1.78. The van der Waals surface area contributed by atoms with Gasteiger partial charge in [-0.1, -0.05) is 6.07 Å². The highest BCUT2D eigenvalue weighted by Crippen LogP contribution is 2.29. The van der Waals surface area contributed by atoms with Crippen LogP contribution in [-0.2, 0) is 11.2 Å². The Bertz CT molecular complexity index is 588. The van der Waals surface area contributed by atoms with Gasteiger partial charge < -0.3 is 20.2 Å². The summed E-state index contributed by atoms with van der Waals surface area (Å²) in [4.78, 5) is 26.8. The van der Waals surface area contributed by atoms with E-state index >= 15 is 0 Å². The number of carbonyl (C=O) groups excluding carboxylic acids is 1. The molecule has 1 saturated heterocycles. The Kier molecular flexibility index (Phi) is 3.45. The maximum absolute atomic E-state index is 12.2. The predicted octanol–water partition coefficient (Wildman–Crippen LogP) is 1.62. The van der Waals surface area contributed by atoms with Crippen LogP contribution in [0.4, 0.5) is 16.2 Å².